The van der Waals surface area contributed by atoms with Crippen molar-refractivity contribution in [1.82, 2.24) is 0 Å². The second kappa shape index (κ2) is 7.36. The Bertz CT molecular complexity index is 316. The highest BCUT2D eigenvalue weighted by Crippen LogP contribution is 2.28. The second-order valence-corrected chi connectivity index (χ2v) is 3.35. The first-order valence-electron chi connectivity index (χ1n) is 5.34. The molecule has 0 spiro atoms. The Balaban J connectivity index is 0.00000225. The molecule has 0 aliphatic rings. The molecule has 0 aliphatic heterocycles. The van der Waals surface area contributed by atoms with Crippen LogP contribution >= 0.6 is 12.4 Å². The van der Waals surface area contributed by atoms with Crippen molar-refractivity contribution < 1.29 is 9.47 Å². The molecule has 0 saturated heterocycles. The first-order valence-corrected chi connectivity index (χ1v) is 5.34. The standard InChI is InChI=1S/C12H19NO2.ClH/c1-4-14-10-6-7-11(9(3)13)12(8-10)15-5-2;/h6-9H,4-5,13H2,1-3H3;1H/t9-;/m1./s1. The molecule has 0 amide bonds. The summed E-state index contributed by atoms with van der Waals surface area (Å²) in [4.78, 5) is 0. The molecule has 0 heterocycles. The number of nitrogens with two attached hydrogens (primary N) is 1. The lowest BCUT2D eigenvalue weighted by atomic mass is 10.1. The number of hydrogen-bond donors (Lipinski definition) is 1. The van der Waals surface area contributed by atoms with Gasteiger partial charge in [0, 0.05) is 17.7 Å². The van der Waals surface area contributed by atoms with Gasteiger partial charge in [-0.05, 0) is 26.8 Å². The van der Waals surface area contributed by atoms with Crippen LogP contribution in [0.3, 0.4) is 0 Å². The van der Waals surface area contributed by atoms with Crippen molar-refractivity contribution in [3.8, 4) is 11.5 Å². The van der Waals surface area contributed by atoms with Gasteiger partial charge in [0.1, 0.15) is 11.5 Å². The van der Waals surface area contributed by atoms with E-state index in [0.717, 1.165) is 17.1 Å². The molecule has 92 valence electrons. The lowest BCUT2D eigenvalue weighted by Crippen LogP contribution is -2.08. The molecule has 1 atom stereocenters. The van der Waals surface area contributed by atoms with E-state index in [0.29, 0.717) is 13.2 Å². The van der Waals surface area contributed by atoms with Crippen LogP contribution in [0, 0.1) is 0 Å². The van der Waals surface area contributed by atoms with E-state index in [1.807, 2.05) is 39.0 Å². The Labute approximate surface area is 103 Å². The van der Waals surface area contributed by atoms with Gasteiger partial charge < -0.3 is 15.2 Å². The predicted molar refractivity (Wildman–Crippen MR) is 68.6 cm³/mol. The fourth-order valence-corrected chi connectivity index (χ4v) is 1.43. The Morgan fingerprint density at radius 3 is 2.31 bits per heavy atom. The molecule has 0 unspecified atom stereocenters. The van der Waals surface area contributed by atoms with Crippen LogP contribution in [0.25, 0.3) is 0 Å². The topological polar surface area (TPSA) is 44.5 Å². The summed E-state index contributed by atoms with van der Waals surface area (Å²) in [7, 11) is 0. The van der Waals surface area contributed by atoms with Crippen LogP contribution in [0.4, 0.5) is 0 Å². The van der Waals surface area contributed by atoms with Crippen molar-refractivity contribution in [3.63, 3.8) is 0 Å². The van der Waals surface area contributed by atoms with Crippen LogP contribution in [-0.2, 0) is 0 Å². The first-order chi connectivity index (χ1) is 7.19. The van der Waals surface area contributed by atoms with Gasteiger partial charge in [0.15, 0.2) is 0 Å². The molecule has 0 fully saturated rings. The van der Waals surface area contributed by atoms with Crippen molar-refractivity contribution >= 4 is 12.4 Å². The van der Waals surface area contributed by atoms with E-state index in [1.165, 1.54) is 0 Å². The van der Waals surface area contributed by atoms with Crippen LogP contribution in [0.5, 0.6) is 11.5 Å². The highest BCUT2D eigenvalue weighted by Gasteiger charge is 2.09. The molecule has 3 nitrogen and oxygen atoms in total. The van der Waals surface area contributed by atoms with E-state index in [4.69, 9.17) is 15.2 Å². The van der Waals surface area contributed by atoms with Crippen molar-refractivity contribution in [2.45, 2.75) is 26.8 Å². The summed E-state index contributed by atoms with van der Waals surface area (Å²) < 4.78 is 10.9. The number of hydrogen-bond acceptors (Lipinski definition) is 3. The van der Waals surface area contributed by atoms with Gasteiger partial charge in [-0.15, -0.1) is 12.4 Å². The first kappa shape index (κ1) is 15.1. The molecule has 2 N–H and O–H groups in total. The zero-order chi connectivity index (χ0) is 11.3. The molecule has 16 heavy (non-hydrogen) atoms. The summed E-state index contributed by atoms with van der Waals surface area (Å²) >= 11 is 0. The SMILES string of the molecule is CCOc1ccc([C@@H](C)N)c(OCC)c1.Cl. The molecule has 0 radical (unpaired) electrons. The molecule has 4 heteroatoms. The van der Waals surface area contributed by atoms with E-state index in [2.05, 4.69) is 0 Å². The van der Waals surface area contributed by atoms with E-state index < -0.39 is 0 Å². The minimum absolute atomic E-state index is 0. The highest BCUT2D eigenvalue weighted by molar-refractivity contribution is 5.85. The van der Waals surface area contributed by atoms with Crippen molar-refractivity contribution in [2.75, 3.05) is 13.2 Å². The van der Waals surface area contributed by atoms with E-state index in [9.17, 15) is 0 Å². The largest absolute Gasteiger partial charge is 0.494 e. The molecule has 0 bridgehead atoms. The minimum Gasteiger partial charge on any atom is -0.494 e. The third kappa shape index (κ3) is 3.91. The molecule has 0 aliphatic carbocycles. The summed E-state index contributed by atoms with van der Waals surface area (Å²) in [6.07, 6.45) is 0. The van der Waals surface area contributed by atoms with Gasteiger partial charge in [-0.3, -0.25) is 0 Å². The van der Waals surface area contributed by atoms with Gasteiger partial charge in [0.2, 0.25) is 0 Å². The number of ether oxygens (including phenoxy) is 2. The number of benzene rings is 1. The maximum absolute atomic E-state index is 5.85. The maximum atomic E-state index is 5.85. The lowest BCUT2D eigenvalue weighted by molar-refractivity contribution is 0.319. The zero-order valence-electron chi connectivity index (χ0n) is 10.0. The van der Waals surface area contributed by atoms with Crippen molar-refractivity contribution in [3.05, 3.63) is 23.8 Å². The van der Waals surface area contributed by atoms with Gasteiger partial charge in [0.05, 0.1) is 13.2 Å². The van der Waals surface area contributed by atoms with Crippen LogP contribution < -0.4 is 15.2 Å². The molecule has 1 aromatic carbocycles. The number of rotatable bonds is 5. The second-order valence-electron chi connectivity index (χ2n) is 3.35. The Hall–Kier alpha value is -0.930. The zero-order valence-corrected chi connectivity index (χ0v) is 10.8. The predicted octanol–water partition coefficient (Wildman–Crippen LogP) is 2.93. The summed E-state index contributed by atoms with van der Waals surface area (Å²) in [6, 6.07) is 5.75. The van der Waals surface area contributed by atoms with Crippen LogP contribution in [0.2, 0.25) is 0 Å². The van der Waals surface area contributed by atoms with Crippen molar-refractivity contribution in [2.24, 2.45) is 5.73 Å². The van der Waals surface area contributed by atoms with E-state index in [1.54, 1.807) is 0 Å². The van der Waals surface area contributed by atoms with Crippen LogP contribution in [-0.4, -0.2) is 13.2 Å². The molecule has 1 aromatic rings. The maximum Gasteiger partial charge on any atom is 0.127 e. The third-order valence-corrected chi connectivity index (χ3v) is 2.09. The Kier molecular flexibility index (Phi) is 6.93. The lowest BCUT2D eigenvalue weighted by Gasteiger charge is -2.14. The summed E-state index contributed by atoms with van der Waals surface area (Å²) in [6.45, 7) is 7.15. The molecule has 0 aromatic heterocycles. The molecular formula is C12H20ClNO2. The minimum atomic E-state index is -0.0257. The van der Waals surface area contributed by atoms with Gasteiger partial charge >= 0.3 is 0 Å². The summed E-state index contributed by atoms with van der Waals surface area (Å²) in [5.74, 6) is 1.64. The highest BCUT2D eigenvalue weighted by atomic mass is 35.5. The fourth-order valence-electron chi connectivity index (χ4n) is 1.43. The monoisotopic (exact) mass is 245 g/mol. The van der Waals surface area contributed by atoms with Crippen LogP contribution in [0.15, 0.2) is 18.2 Å². The smallest absolute Gasteiger partial charge is 0.127 e. The average molecular weight is 246 g/mol. The third-order valence-electron chi connectivity index (χ3n) is 2.09. The van der Waals surface area contributed by atoms with Crippen LogP contribution in [0.1, 0.15) is 32.4 Å². The quantitative estimate of drug-likeness (QED) is 0.868. The normalized spacial score (nSPS) is 11.5. The molecule has 0 saturated carbocycles. The van der Waals surface area contributed by atoms with Crippen molar-refractivity contribution in [1.29, 1.82) is 0 Å². The van der Waals surface area contributed by atoms with E-state index >= 15 is 0 Å². The average Bonchev–Trinajstić information content (AvgIpc) is 2.18. The van der Waals surface area contributed by atoms with Gasteiger partial charge in [0.25, 0.3) is 0 Å². The number of halogens is 1. The fraction of sp³-hybridized carbons (Fsp3) is 0.500. The Morgan fingerprint density at radius 1 is 1.19 bits per heavy atom. The molecule has 1 rings (SSSR count). The molecular weight excluding hydrogens is 226 g/mol. The van der Waals surface area contributed by atoms with E-state index in [-0.39, 0.29) is 18.4 Å². The van der Waals surface area contributed by atoms with Gasteiger partial charge in [-0.1, -0.05) is 6.07 Å². The summed E-state index contributed by atoms with van der Waals surface area (Å²) in [5, 5.41) is 0. The summed E-state index contributed by atoms with van der Waals surface area (Å²) in [5.41, 5.74) is 6.86. The van der Waals surface area contributed by atoms with Gasteiger partial charge in [-0.2, -0.15) is 0 Å². The Morgan fingerprint density at radius 2 is 1.81 bits per heavy atom. The van der Waals surface area contributed by atoms with Gasteiger partial charge in [-0.25, -0.2) is 0 Å².